The predicted octanol–water partition coefficient (Wildman–Crippen LogP) is 4.81. The van der Waals surface area contributed by atoms with Gasteiger partial charge in [-0.05, 0) is 23.8 Å². The van der Waals surface area contributed by atoms with Gasteiger partial charge in [0.05, 0.1) is 15.2 Å². The molecule has 0 radical (unpaired) electrons. The van der Waals surface area contributed by atoms with Crippen LogP contribution in [0.15, 0.2) is 48.5 Å². The number of hydrogen-bond donors (Lipinski definition) is 0. The first-order valence-electron chi connectivity index (χ1n) is 6.47. The molecule has 0 atom stereocenters. The number of nitrogens with zero attached hydrogens (tertiary/aromatic N) is 1. The van der Waals surface area contributed by atoms with Crippen LogP contribution in [0.1, 0.15) is 10.6 Å². The van der Waals surface area contributed by atoms with Crippen molar-refractivity contribution in [2.45, 2.75) is 13.0 Å². The van der Waals surface area contributed by atoms with E-state index in [1.807, 2.05) is 30.3 Å². The van der Waals surface area contributed by atoms with Crippen LogP contribution in [0.4, 0.5) is 0 Å². The number of hydrogen-bond acceptors (Lipinski definition) is 3. The van der Waals surface area contributed by atoms with E-state index in [4.69, 9.17) is 4.74 Å². The second kappa shape index (κ2) is 6.37. The van der Waals surface area contributed by atoms with Crippen molar-refractivity contribution in [3.8, 4) is 5.75 Å². The Labute approximate surface area is 130 Å². The molecule has 0 spiro atoms. The van der Waals surface area contributed by atoms with Crippen LogP contribution in [0.3, 0.4) is 0 Å². The highest BCUT2D eigenvalue weighted by Crippen LogP contribution is 2.27. The Morgan fingerprint density at radius 2 is 1.95 bits per heavy atom. The molecule has 0 bridgehead atoms. The fourth-order valence-corrected chi connectivity index (χ4v) is 3.60. The Hall–Kier alpha value is -1.39. The zero-order valence-corrected chi connectivity index (χ0v) is 13.3. The normalized spacial score (nSPS) is 10.8. The number of thiazole rings is 1. The molecule has 3 rings (SSSR count). The van der Waals surface area contributed by atoms with E-state index in [9.17, 15) is 0 Å². The topological polar surface area (TPSA) is 22.1 Å². The van der Waals surface area contributed by atoms with E-state index >= 15 is 0 Å². The maximum Gasteiger partial charge on any atom is 0.121 e. The Morgan fingerprint density at radius 3 is 2.75 bits per heavy atom. The fraction of sp³-hybridized carbons (Fsp3) is 0.188. The van der Waals surface area contributed by atoms with E-state index in [1.54, 1.807) is 11.3 Å². The van der Waals surface area contributed by atoms with E-state index in [2.05, 4.69) is 39.1 Å². The van der Waals surface area contributed by atoms with Gasteiger partial charge in [0.2, 0.25) is 0 Å². The molecule has 1 heterocycles. The van der Waals surface area contributed by atoms with Gasteiger partial charge >= 0.3 is 0 Å². The standard InChI is InChI=1S/C16H14BrNOS/c17-9-8-16-18-14-7-6-13(10-15(14)20-16)19-11-12-4-2-1-3-5-12/h1-7,10H,8-9,11H2. The van der Waals surface area contributed by atoms with Gasteiger partial charge in [-0.3, -0.25) is 0 Å². The molecule has 0 aliphatic heterocycles. The number of ether oxygens (including phenoxy) is 1. The molecule has 0 unspecified atom stereocenters. The number of fused-ring (bicyclic) bond motifs is 1. The maximum atomic E-state index is 5.84. The smallest absolute Gasteiger partial charge is 0.121 e. The molecule has 20 heavy (non-hydrogen) atoms. The largest absolute Gasteiger partial charge is 0.489 e. The van der Waals surface area contributed by atoms with Gasteiger partial charge in [-0.15, -0.1) is 11.3 Å². The third-order valence-electron chi connectivity index (χ3n) is 2.96. The first-order chi connectivity index (χ1) is 9.85. The molecule has 0 N–H and O–H groups in total. The minimum Gasteiger partial charge on any atom is -0.489 e. The molecule has 2 nitrogen and oxygen atoms in total. The number of alkyl halides is 1. The SMILES string of the molecule is BrCCc1nc2ccc(OCc3ccccc3)cc2s1. The van der Waals surface area contributed by atoms with Crippen LogP contribution >= 0.6 is 27.3 Å². The van der Waals surface area contributed by atoms with Crippen LogP contribution in [0.2, 0.25) is 0 Å². The third-order valence-corrected chi connectivity index (χ3v) is 4.44. The van der Waals surface area contributed by atoms with Gasteiger partial charge in [-0.25, -0.2) is 4.98 Å². The van der Waals surface area contributed by atoms with Crippen LogP contribution in [0, 0.1) is 0 Å². The first-order valence-corrected chi connectivity index (χ1v) is 8.41. The Kier molecular flexibility index (Phi) is 4.33. The molecule has 4 heteroatoms. The summed E-state index contributed by atoms with van der Waals surface area (Å²) in [6.45, 7) is 0.597. The van der Waals surface area contributed by atoms with Crippen LogP contribution < -0.4 is 4.74 Å². The van der Waals surface area contributed by atoms with E-state index < -0.39 is 0 Å². The second-order valence-corrected chi connectivity index (χ2v) is 6.36. The van der Waals surface area contributed by atoms with Gasteiger partial charge in [0.1, 0.15) is 12.4 Å². The number of halogens is 1. The minimum absolute atomic E-state index is 0.597. The summed E-state index contributed by atoms with van der Waals surface area (Å²) < 4.78 is 7.03. The zero-order chi connectivity index (χ0) is 13.8. The summed E-state index contributed by atoms with van der Waals surface area (Å²) in [7, 11) is 0. The van der Waals surface area contributed by atoms with E-state index in [0.29, 0.717) is 6.61 Å². The monoisotopic (exact) mass is 347 g/mol. The van der Waals surface area contributed by atoms with Crippen LogP contribution in [0.25, 0.3) is 10.2 Å². The quantitative estimate of drug-likeness (QED) is 0.617. The molecule has 0 fully saturated rings. The molecule has 3 aromatic rings. The Balaban J connectivity index is 1.75. The summed E-state index contributed by atoms with van der Waals surface area (Å²) in [5.41, 5.74) is 2.23. The highest BCUT2D eigenvalue weighted by molar-refractivity contribution is 9.09. The molecule has 1 aromatic heterocycles. The zero-order valence-electron chi connectivity index (χ0n) is 10.9. The van der Waals surface area contributed by atoms with Gasteiger partial charge in [0.25, 0.3) is 0 Å². The fourth-order valence-electron chi connectivity index (χ4n) is 1.97. The van der Waals surface area contributed by atoms with Gasteiger partial charge in [-0.1, -0.05) is 46.3 Å². The van der Waals surface area contributed by atoms with Crippen molar-refractivity contribution >= 4 is 37.5 Å². The molecule has 0 amide bonds. The summed E-state index contributed by atoms with van der Waals surface area (Å²) >= 11 is 5.19. The average Bonchev–Trinajstić information content (AvgIpc) is 2.88. The van der Waals surface area contributed by atoms with Crippen molar-refractivity contribution in [3.63, 3.8) is 0 Å². The Morgan fingerprint density at radius 1 is 1.10 bits per heavy atom. The first kappa shape index (κ1) is 13.6. The van der Waals surface area contributed by atoms with Gasteiger partial charge in [-0.2, -0.15) is 0 Å². The third kappa shape index (κ3) is 3.19. The number of aromatic nitrogens is 1. The highest BCUT2D eigenvalue weighted by Gasteiger charge is 2.05. The van der Waals surface area contributed by atoms with Crippen molar-refractivity contribution in [2.75, 3.05) is 5.33 Å². The second-order valence-electron chi connectivity index (χ2n) is 4.45. The maximum absolute atomic E-state index is 5.84. The van der Waals surface area contributed by atoms with Crippen LogP contribution in [0.5, 0.6) is 5.75 Å². The van der Waals surface area contributed by atoms with E-state index in [1.165, 1.54) is 10.3 Å². The lowest BCUT2D eigenvalue weighted by molar-refractivity contribution is 0.306. The van der Waals surface area contributed by atoms with Gasteiger partial charge < -0.3 is 4.74 Å². The van der Waals surface area contributed by atoms with Crippen molar-refractivity contribution in [2.24, 2.45) is 0 Å². The lowest BCUT2D eigenvalue weighted by Crippen LogP contribution is -1.94. The summed E-state index contributed by atoms with van der Waals surface area (Å²) in [6.07, 6.45) is 0.972. The number of benzene rings is 2. The molecular weight excluding hydrogens is 334 g/mol. The van der Waals surface area contributed by atoms with E-state index in [-0.39, 0.29) is 0 Å². The van der Waals surface area contributed by atoms with Gasteiger partial charge in [0.15, 0.2) is 0 Å². The minimum atomic E-state index is 0.597. The summed E-state index contributed by atoms with van der Waals surface area (Å²) in [4.78, 5) is 4.59. The number of aryl methyl sites for hydroxylation is 1. The molecular formula is C16H14BrNOS. The molecule has 0 saturated heterocycles. The summed E-state index contributed by atoms with van der Waals surface area (Å²) in [5.74, 6) is 0.899. The highest BCUT2D eigenvalue weighted by atomic mass is 79.9. The molecule has 102 valence electrons. The predicted molar refractivity (Wildman–Crippen MR) is 87.9 cm³/mol. The Bertz CT molecular complexity index is 696. The van der Waals surface area contributed by atoms with Gasteiger partial charge in [0, 0.05) is 11.8 Å². The van der Waals surface area contributed by atoms with Crippen molar-refractivity contribution < 1.29 is 4.74 Å². The molecule has 0 saturated carbocycles. The van der Waals surface area contributed by atoms with Crippen molar-refractivity contribution in [1.29, 1.82) is 0 Å². The van der Waals surface area contributed by atoms with Crippen molar-refractivity contribution in [3.05, 3.63) is 59.1 Å². The lowest BCUT2D eigenvalue weighted by Gasteiger charge is -2.05. The lowest BCUT2D eigenvalue weighted by atomic mass is 10.2. The average molecular weight is 348 g/mol. The number of rotatable bonds is 5. The van der Waals surface area contributed by atoms with Crippen LogP contribution in [-0.2, 0) is 13.0 Å². The van der Waals surface area contributed by atoms with Crippen LogP contribution in [-0.4, -0.2) is 10.3 Å². The summed E-state index contributed by atoms with van der Waals surface area (Å²) in [6, 6.07) is 16.3. The molecule has 0 aliphatic carbocycles. The van der Waals surface area contributed by atoms with Crippen molar-refractivity contribution in [1.82, 2.24) is 4.98 Å². The molecule has 0 aliphatic rings. The van der Waals surface area contributed by atoms with E-state index in [0.717, 1.165) is 28.0 Å². The molecule has 2 aromatic carbocycles. The summed E-state index contributed by atoms with van der Waals surface area (Å²) in [5, 5.41) is 2.11.